The van der Waals surface area contributed by atoms with Gasteiger partial charge < -0.3 is 0 Å². The van der Waals surface area contributed by atoms with Crippen LogP contribution in [0.25, 0.3) is 0 Å². The summed E-state index contributed by atoms with van der Waals surface area (Å²) in [5.74, 6) is -1.62. The van der Waals surface area contributed by atoms with E-state index in [1.807, 2.05) is 0 Å². The second-order valence-electron chi connectivity index (χ2n) is 6.33. The van der Waals surface area contributed by atoms with E-state index in [9.17, 15) is 29.8 Å². The van der Waals surface area contributed by atoms with Crippen molar-refractivity contribution in [3.63, 3.8) is 0 Å². The van der Waals surface area contributed by atoms with Crippen molar-refractivity contribution >= 4 is 44.0 Å². The number of ether oxygens (including phenoxy) is 1. The zero-order valence-electron chi connectivity index (χ0n) is 17.7. The van der Waals surface area contributed by atoms with Crippen molar-refractivity contribution in [2.45, 2.75) is 0 Å². The number of nitro groups is 2. The van der Waals surface area contributed by atoms with Crippen LogP contribution in [0.3, 0.4) is 0 Å². The second kappa shape index (κ2) is 11.8. The van der Waals surface area contributed by atoms with E-state index in [1.54, 1.807) is 24.3 Å². The summed E-state index contributed by atoms with van der Waals surface area (Å²) in [6.45, 7) is 0. The Morgan fingerprint density at radius 1 is 0.714 bits per heavy atom. The maximum atomic E-state index is 12.3. The van der Waals surface area contributed by atoms with E-state index in [2.05, 4.69) is 0 Å². The molecule has 35 heavy (non-hydrogen) atoms. The molecule has 0 spiro atoms. The van der Waals surface area contributed by atoms with Gasteiger partial charge in [-0.05, 0) is 0 Å². The predicted octanol–water partition coefficient (Wildman–Crippen LogP) is 4.59. The quantitative estimate of drug-likeness (QED) is 0.139. The van der Waals surface area contributed by atoms with Gasteiger partial charge in [0.05, 0.1) is 0 Å². The Morgan fingerprint density at radius 3 is 1.54 bits per heavy atom. The minimum atomic E-state index is -3.50. The Kier molecular flexibility index (Phi) is 8.60. The van der Waals surface area contributed by atoms with Crippen molar-refractivity contribution < 1.29 is 40.4 Å². The third-order valence-corrected chi connectivity index (χ3v) is 7.03. The van der Waals surface area contributed by atoms with Gasteiger partial charge in [0.25, 0.3) is 0 Å². The van der Waals surface area contributed by atoms with Crippen molar-refractivity contribution in [3.05, 3.63) is 108 Å². The SMILES string of the molecule is COc1ccccc1I(OOC(=O)c1ccc([N+](=O)[O-])cc1)OOC(=O)c1ccc([N+](=O)[O-])cc1. The van der Waals surface area contributed by atoms with E-state index in [-0.39, 0.29) is 22.5 Å². The number of nitro benzene ring substituents is 2. The van der Waals surface area contributed by atoms with Gasteiger partial charge in [-0.3, -0.25) is 0 Å². The summed E-state index contributed by atoms with van der Waals surface area (Å²) < 4.78 is 16.0. The Morgan fingerprint density at radius 2 is 1.14 bits per heavy atom. The first kappa shape index (κ1) is 25.5. The van der Waals surface area contributed by atoms with Crippen LogP contribution in [0.1, 0.15) is 20.7 Å². The molecule has 13 nitrogen and oxygen atoms in total. The van der Waals surface area contributed by atoms with E-state index >= 15 is 0 Å². The molecule has 0 aliphatic rings. The van der Waals surface area contributed by atoms with Crippen molar-refractivity contribution in [2.24, 2.45) is 0 Å². The third-order valence-electron chi connectivity index (χ3n) is 4.18. The zero-order chi connectivity index (χ0) is 25.4. The average Bonchev–Trinajstić information content (AvgIpc) is 2.88. The standard InChI is InChI=1S/C21H15IN2O11/c1-31-19-5-3-2-4-18(19)22(34-32-20(25)14-6-10-16(11-7-14)23(27)28)35-33-21(26)15-8-12-17(13-9-15)24(29)30/h2-13H,1H3. The Hall–Kier alpha value is -4.15. The number of non-ortho nitro benzene ring substituents is 2. The van der Waals surface area contributed by atoms with Gasteiger partial charge in [0.1, 0.15) is 0 Å². The number of benzene rings is 3. The van der Waals surface area contributed by atoms with Crippen LogP contribution >= 0.6 is 20.6 Å². The summed E-state index contributed by atoms with van der Waals surface area (Å²) in [6, 6.07) is 15.7. The van der Waals surface area contributed by atoms with Gasteiger partial charge in [0.2, 0.25) is 0 Å². The molecule has 182 valence electrons. The van der Waals surface area contributed by atoms with Crippen LogP contribution in [0, 0.1) is 23.8 Å². The van der Waals surface area contributed by atoms with Crippen LogP contribution in [0.15, 0.2) is 72.8 Å². The van der Waals surface area contributed by atoms with Gasteiger partial charge in [-0.1, -0.05) is 0 Å². The fraction of sp³-hybridized carbons (Fsp3) is 0.0476. The molecule has 0 aliphatic heterocycles. The van der Waals surface area contributed by atoms with E-state index in [0.29, 0.717) is 9.32 Å². The molecule has 0 radical (unpaired) electrons. The average molecular weight is 598 g/mol. The number of hydrogen-bond acceptors (Lipinski definition) is 11. The van der Waals surface area contributed by atoms with Crippen molar-refractivity contribution in [3.8, 4) is 5.75 Å². The van der Waals surface area contributed by atoms with Crippen LogP contribution < -0.4 is 4.74 Å². The first-order valence-electron chi connectivity index (χ1n) is 9.41. The Labute approximate surface area is 204 Å². The number of hydrogen-bond donors (Lipinski definition) is 0. The first-order valence-corrected chi connectivity index (χ1v) is 12.2. The van der Waals surface area contributed by atoms with E-state index in [0.717, 1.165) is 24.3 Å². The number of carbonyl (C=O) groups excluding carboxylic acids is 2. The summed E-state index contributed by atoms with van der Waals surface area (Å²) in [5.41, 5.74) is -0.499. The van der Waals surface area contributed by atoms with Crippen LogP contribution in [0.2, 0.25) is 0 Å². The van der Waals surface area contributed by atoms with Gasteiger partial charge in [0.15, 0.2) is 0 Å². The molecule has 14 heteroatoms. The van der Waals surface area contributed by atoms with Crippen molar-refractivity contribution in [1.82, 2.24) is 0 Å². The fourth-order valence-corrected chi connectivity index (χ4v) is 4.90. The summed E-state index contributed by atoms with van der Waals surface area (Å²) in [7, 11) is 1.39. The maximum absolute atomic E-state index is 12.3. The molecule has 0 N–H and O–H groups in total. The van der Waals surface area contributed by atoms with Crippen LogP contribution in [0.5, 0.6) is 5.75 Å². The molecular weight excluding hydrogens is 583 g/mol. The van der Waals surface area contributed by atoms with Gasteiger partial charge in [0, 0.05) is 0 Å². The molecule has 0 atom stereocenters. The number of methoxy groups -OCH3 is 1. The molecule has 0 saturated heterocycles. The molecule has 0 bridgehead atoms. The molecule has 3 aromatic carbocycles. The van der Waals surface area contributed by atoms with Crippen LogP contribution in [-0.4, -0.2) is 28.9 Å². The number of halogens is 1. The second-order valence-corrected chi connectivity index (χ2v) is 9.45. The molecule has 0 unspecified atom stereocenters. The number of carbonyl (C=O) groups is 2. The summed E-state index contributed by atoms with van der Waals surface area (Å²) in [4.78, 5) is 54.6. The van der Waals surface area contributed by atoms with Crippen molar-refractivity contribution in [1.29, 1.82) is 0 Å². The van der Waals surface area contributed by atoms with Crippen molar-refractivity contribution in [2.75, 3.05) is 7.11 Å². The topological polar surface area (TPSA) is 167 Å². The molecule has 0 aromatic heterocycles. The molecule has 0 amide bonds. The number of rotatable bonds is 10. The van der Waals surface area contributed by atoms with E-state index in [1.165, 1.54) is 31.4 Å². The Balaban J connectivity index is 1.72. The summed E-state index contributed by atoms with van der Waals surface area (Å²) in [6.07, 6.45) is 0. The molecule has 0 aliphatic carbocycles. The van der Waals surface area contributed by atoms with Crippen LogP contribution in [0.4, 0.5) is 11.4 Å². The fourth-order valence-electron chi connectivity index (χ4n) is 2.47. The normalized spacial score (nSPS) is 10.7. The molecule has 0 fully saturated rings. The van der Waals surface area contributed by atoms with Gasteiger partial charge >= 0.3 is 205 Å². The zero-order valence-corrected chi connectivity index (χ0v) is 19.8. The molecule has 3 aromatic rings. The molecule has 3 rings (SSSR count). The van der Waals surface area contributed by atoms with E-state index < -0.39 is 42.4 Å². The van der Waals surface area contributed by atoms with Crippen LogP contribution in [-0.2, 0) is 16.2 Å². The molecular formula is C21H15IN2O11. The first-order chi connectivity index (χ1) is 16.8. The van der Waals surface area contributed by atoms with Gasteiger partial charge in [-0.25, -0.2) is 0 Å². The molecule has 0 saturated carbocycles. The van der Waals surface area contributed by atoms with E-state index in [4.69, 9.17) is 20.9 Å². The van der Waals surface area contributed by atoms with Gasteiger partial charge in [-0.2, -0.15) is 0 Å². The summed E-state index contributed by atoms with van der Waals surface area (Å²) in [5, 5.41) is 21.5. The molecule has 0 heterocycles. The number of nitrogens with zero attached hydrogens (tertiary/aromatic N) is 2. The van der Waals surface area contributed by atoms with Gasteiger partial charge in [-0.15, -0.1) is 0 Å². The monoisotopic (exact) mass is 598 g/mol. The third kappa shape index (κ3) is 6.69. The predicted molar refractivity (Wildman–Crippen MR) is 125 cm³/mol. The minimum absolute atomic E-state index is 0.0330. The number of para-hydroxylation sites is 1. The summed E-state index contributed by atoms with van der Waals surface area (Å²) >= 11 is -3.50. The Bertz CT molecular complexity index is 1160.